The van der Waals surface area contributed by atoms with Gasteiger partial charge in [0.1, 0.15) is 5.82 Å². The van der Waals surface area contributed by atoms with Crippen LogP contribution in [0.3, 0.4) is 0 Å². The Morgan fingerprint density at radius 3 is 2.70 bits per heavy atom. The van der Waals surface area contributed by atoms with E-state index < -0.39 is 0 Å². The molecule has 3 rings (SSSR count). The van der Waals surface area contributed by atoms with Gasteiger partial charge in [0.25, 0.3) is 5.91 Å². The minimum Gasteiger partial charge on any atom is -0.322 e. The van der Waals surface area contributed by atoms with Gasteiger partial charge in [0.05, 0.1) is 6.04 Å². The Hall–Kier alpha value is -2.43. The average molecular weight is 313 g/mol. The molecule has 1 amide bonds. The maximum Gasteiger partial charge on any atom is 0.275 e. The molecule has 1 aromatic heterocycles. The first kappa shape index (κ1) is 15.5. The molecule has 2 aromatic rings. The number of benzene rings is 1. The van der Waals surface area contributed by atoms with Gasteiger partial charge in [-0.2, -0.15) is 5.10 Å². The smallest absolute Gasteiger partial charge is 0.275 e. The highest BCUT2D eigenvalue weighted by atomic mass is 19.1. The lowest BCUT2D eigenvalue weighted by atomic mass is 9.95. The quantitative estimate of drug-likeness (QED) is 0.859. The molecule has 0 bridgehead atoms. The van der Waals surface area contributed by atoms with Crippen LogP contribution < -0.4 is 0 Å². The first-order valence-electron chi connectivity index (χ1n) is 7.77. The van der Waals surface area contributed by atoms with Crippen LogP contribution in [-0.2, 0) is 6.42 Å². The first-order chi connectivity index (χ1) is 11.0. The fourth-order valence-corrected chi connectivity index (χ4v) is 3.14. The van der Waals surface area contributed by atoms with Gasteiger partial charge < -0.3 is 4.90 Å². The topological polar surface area (TPSA) is 49.0 Å². The lowest BCUT2D eigenvalue weighted by Gasteiger charge is -2.25. The van der Waals surface area contributed by atoms with Gasteiger partial charge in [-0.25, -0.2) is 4.39 Å². The number of H-pyrrole nitrogens is 1. The summed E-state index contributed by atoms with van der Waals surface area (Å²) in [6, 6.07) is 6.05. The average Bonchev–Trinajstić information content (AvgIpc) is 3.01. The Bertz CT molecular complexity index is 733. The third-order valence-corrected chi connectivity index (χ3v) is 4.06. The predicted molar refractivity (Wildman–Crippen MR) is 86.6 cm³/mol. The van der Waals surface area contributed by atoms with E-state index in [1.54, 1.807) is 23.1 Å². The van der Waals surface area contributed by atoms with Crippen LogP contribution in [0.25, 0.3) is 0 Å². The molecule has 0 fully saturated rings. The molecular formula is C18H20FN3O. The van der Waals surface area contributed by atoms with Crippen LogP contribution >= 0.6 is 0 Å². The van der Waals surface area contributed by atoms with Crippen molar-refractivity contribution >= 4 is 5.91 Å². The maximum atomic E-state index is 13.3. The number of aromatic amines is 1. The lowest BCUT2D eigenvalue weighted by Crippen LogP contribution is -2.29. The van der Waals surface area contributed by atoms with E-state index in [-0.39, 0.29) is 17.8 Å². The summed E-state index contributed by atoms with van der Waals surface area (Å²) in [5.74, 6) is 0.0422. The van der Waals surface area contributed by atoms with Gasteiger partial charge in [-0.3, -0.25) is 9.89 Å². The molecular weight excluding hydrogens is 293 g/mol. The Morgan fingerprint density at radius 1 is 1.39 bits per heavy atom. The molecule has 0 aliphatic carbocycles. The molecule has 23 heavy (non-hydrogen) atoms. The number of nitrogens with zero attached hydrogens (tertiary/aromatic N) is 2. The Kier molecular flexibility index (Phi) is 4.03. The molecule has 1 aliphatic rings. The third kappa shape index (κ3) is 2.67. The molecule has 0 saturated heterocycles. The summed E-state index contributed by atoms with van der Waals surface area (Å²) in [5, 5.41) is 7.25. The standard InChI is InChI=1S/C18H20FN3O/c1-4-9-22-17(12-5-7-13(19)8-6-12)15-14(10-11(2)3)20-21-16(15)18(22)23/h4-8,11,17H,1,9-10H2,2-3H3,(H,20,21). The van der Waals surface area contributed by atoms with Gasteiger partial charge in [0, 0.05) is 17.8 Å². The van der Waals surface area contributed by atoms with Crippen LogP contribution in [0, 0.1) is 11.7 Å². The van der Waals surface area contributed by atoms with Crippen molar-refractivity contribution < 1.29 is 9.18 Å². The van der Waals surface area contributed by atoms with E-state index in [1.807, 2.05) is 0 Å². The van der Waals surface area contributed by atoms with Crippen LogP contribution in [0.1, 0.15) is 47.2 Å². The molecule has 1 unspecified atom stereocenters. The van der Waals surface area contributed by atoms with E-state index in [1.165, 1.54) is 12.1 Å². The molecule has 0 radical (unpaired) electrons. The van der Waals surface area contributed by atoms with Gasteiger partial charge in [-0.15, -0.1) is 6.58 Å². The molecule has 2 heterocycles. The number of fused-ring (bicyclic) bond motifs is 1. The second-order valence-corrected chi connectivity index (χ2v) is 6.26. The summed E-state index contributed by atoms with van der Waals surface area (Å²) >= 11 is 0. The molecule has 0 spiro atoms. The highest BCUT2D eigenvalue weighted by Crippen LogP contribution is 2.40. The zero-order chi connectivity index (χ0) is 16.6. The van der Waals surface area contributed by atoms with Crippen molar-refractivity contribution in [2.75, 3.05) is 6.54 Å². The first-order valence-corrected chi connectivity index (χ1v) is 7.77. The summed E-state index contributed by atoms with van der Waals surface area (Å²) in [6.07, 6.45) is 2.52. The van der Waals surface area contributed by atoms with Crippen LogP contribution in [-0.4, -0.2) is 27.5 Å². The van der Waals surface area contributed by atoms with Gasteiger partial charge in [0.2, 0.25) is 0 Å². The van der Waals surface area contributed by atoms with E-state index in [4.69, 9.17) is 0 Å². The number of nitrogens with one attached hydrogen (secondary N) is 1. The van der Waals surface area contributed by atoms with E-state index >= 15 is 0 Å². The molecule has 0 saturated carbocycles. The van der Waals surface area contributed by atoms with Crippen LogP contribution in [0.2, 0.25) is 0 Å². The number of hydrogen-bond acceptors (Lipinski definition) is 2. The fourth-order valence-electron chi connectivity index (χ4n) is 3.14. The highest BCUT2D eigenvalue weighted by Gasteiger charge is 2.41. The maximum absolute atomic E-state index is 13.3. The summed E-state index contributed by atoms with van der Waals surface area (Å²) in [4.78, 5) is 14.4. The minimum absolute atomic E-state index is 0.111. The number of carbonyl (C=O) groups excluding carboxylic acids is 1. The van der Waals surface area contributed by atoms with E-state index in [2.05, 4.69) is 30.6 Å². The van der Waals surface area contributed by atoms with Crippen molar-refractivity contribution in [3.05, 3.63) is 65.3 Å². The number of rotatable bonds is 5. The third-order valence-electron chi connectivity index (χ3n) is 4.06. The Labute approximate surface area is 135 Å². The monoisotopic (exact) mass is 313 g/mol. The zero-order valence-electron chi connectivity index (χ0n) is 13.3. The number of amides is 1. The number of halogens is 1. The SMILES string of the molecule is C=CCN1C(=O)c2n[nH]c(CC(C)C)c2C1c1ccc(F)cc1. The fraction of sp³-hybridized carbons (Fsp3) is 0.333. The van der Waals surface area contributed by atoms with Crippen molar-refractivity contribution in [1.82, 2.24) is 15.1 Å². The molecule has 120 valence electrons. The van der Waals surface area contributed by atoms with Gasteiger partial charge in [-0.05, 0) is 30.0 Å². The van der Waals surface area contributed by atoms with Crippen molar-refractivity contribution in [2.45, 2.75) is 26.3 Å². The van der Waals surface area contributed by atoms with E-state index in [0.29, 0.717) is 18.2 Å². The Balaban J connectivity index is 2.11. The normalized spacial score (nSPS) is 17.0. The summed E-state index contributed by atoms with van der Waals surface area (Å²) < 4.78 is 13.3. The number of hydrogen-bond donors (Lipinski definition) is 1. The number of aromatic nitrogens is 2. The van der Waals surface area contributed by atoms with Gasteiger partial charge >= 0.3 is 0 Å². The van der Waals surface area contributed by atoms with Crippen LogP contribution in [0.4, 0.5) is 4.39 Å². The van der Waals surface area contributed by atoms with Crippen molar-refractivity contribution in [3.8, 4) is 0 Å². The summed E-state index contributed by atoms with van der Waals surface area (Å²) in [7, 11) is 0. The number of carbonyl (C=O) groups is 1. The zero-order valence-corrected chi connectivity index (χ0v) is 13.3. The van der Waals surface area contributed by atoms with E-state index in [9.17, 15) is 9.18 Å². The van der Waals surface area contributed by atoms with Crippen molar-refractivity contribution in [1.29, 1.82) is 0 Å². The minimum atomic E-state index is -0.289. The molecule has 4 nitrogen and oxygen atoms in total. The molecule has 1 atom stereocenters. The summed E-state index contributed by atoms with van der Waals surface area (Å²) in [5.41, 5.74) is 3.24. The van der Waals surface area contributed by atoms with Gasteiger partial charge in [-0.1, -0.05) is 32.1 Å². The molecule has 1 aromatic carbocycles. The largest absolute Gasteiger partial charge is 0.322 e. The lowest BCUT2D eigenvalue weighted by molar-refractivity contribution is 0.0764. The van der Waals surface area contributed by atoms with Crippen molar-refractivity contribution in [3.63, 3.8) is 0 Å². The molecule has 1 N–H and O–H groups in total. The molecule has 1 aliphatic heterocycles. The predicted octanol–water partition coefficient (Wildman–Crippen LogP) is 3.48. The molecule has 5 heteroatoms. The summed E-state index contributed by atoms with van der Waals surface area (Å²) in [6.45, 7) is 8.41. The van der Waals surface area contributed by atoms with Crippen LogP contribution in [0.5, 0.6) is 0 Å². The van der Waals surface area contributed by atoms with Crippen molar-refractivity contribution in [2.24, 2.45) is 5.92 Å². The van der Waals surface area contributed by atoms with Gasteiger partial charge in [0.15, 0.2) is 5.69 Å². The van der Waals surface area contributed by atoms with E-state index in [0.717, 1.165) is 23.2 Å². The Morgan fingerprint density at radius 2 is 2.09 bits per heavy atom. The second-order valence-electron chi connectivity index (χ2n) is 6.26. The second kappa shape index (κ2) is 5.99. The highest BCUT2D eigenvalue weighted by molar-refractivity contribution is 5.98. The van der Waals surface area contributed by atoms with Crippen LogP contribution in [0.15, 0.2) is 36.9 Å².